The molecule has 0 amide bonds. The number of rotatable bonds is 6. The van der Waals surface area contributed by atoms with Gasteiger partial charge in [0.05, 0.1) is 0 Å². The van der Waals surface area contributed by atoms with Gasteiger partial charge in [-0.05, 0) is 63.7 Å². The van der Waals surface area contributed by atoms with Crippen LogP contribution in [0.2, 0.25) is 0 Å². The lowest BCUT2D eigenvalue weighted by atomic mass is 9.94. The molecule has 1 atom stereocenters. The Hall–Kier alpha value is -1.13. The van der Waals surface area contributed by atoms with Gasteiger partial charge in [0.1, 0.15) is 5.82 Å². The van der Waals surface area contributed by atoms with Crippen molar-refractivity contribution < 1.29 is 0 Å². The molecule has 0 bridgehead atoms. The average molecular weight is 290 g/mol. The molecule has 1 saturated heterocycles. The smallest absolute Gasteiger partial charge is 0.128 e. The maximum Gasteiger partial charge on any atom is 0.128 e. The molecule has 0 aromatic carbocycles. The number of aromatic nitrogens is 1. The number of nitrogens with two attached hydrogens (primary N) is 1. The van der Waals surface area contributed by atoms with Crippen molar-refractivity contribution in [2.75, 3.05) is 31.6 Å². The van der Waals surface area contributed by atoms with Gasteiger partial charge in [0, 0.05) is 32.4 Å². The first kappa shape index (κ1) is 16.2. The van der Waals surface area contributed by atoms with E-state index in [-0.39, 0.29) is 0 Å². The van der Waals surface area contributed by atoms with Crippen molar-refractivity contribution in [3.63, 3.8) is 0 Å². The second kappa shape index (κ2) is 7.76. The first-order valence-electron chi connectivity index (χ1n) is 8.20. The van der Waals surface area contributed by atoms with Crippen molar-refractivity contribution in [1.82, 2.24) is 9.88 Å². The summed E-state index contributed by atoms with van der Waals surface area (Å²) in [5, 5.41) is 0. The van der Waals surface area contributed by atoms with Gasteiger partial charge >= 0.3 is 0 Å². The number of hydrogen-bond donors (Lipinski definition) is 1. The molecular formula is C17H30N4. The molecule has 0 saturated carbocycles. The summed E-state index contributed by atoms with van der Waals surface area (Å²) in [6, 6.07) is 4.83. The number of anilines is 1. The summed E-state index contributed by atoms with van der Waals surface area (Å²) in [5.41, 5.74) is 7.00. The predicted molar refractivity (Wildman–Crippen MR) is 89.4 cm³/mol. The zero-order valence-corrected chi connectivity index (χ0v) is 13.8. The van der Waals surface area contributed by atoms with Gasteiger partial charge in [-0.3, -0.25) is 4.90 Å². The van der Waals surface area contributed by atoms with E-state index in [1.54, 1.807) is 0 Å². The lowest BCUT2D eigenvalue weighted by Gasteiger charge is -2.32. The molecule has 4 heteroatoms. The highest BCUT2D eigenvalue weighted by Crippen LogP contribution is 2.21. The summed E-state index contributed by atoms with van der Waals surface area (Å²) in [4.78, 5) is 9.34. The minimum atomic E-state index is 0.475. The lowest BCUT2D eigenvalue weighted by Crippen LogP contribution is -2.35. The second-order valence-electron chi connectivity index (χ2n) is 6.55. The average Bonchev–Trinajstić information content (AvgIpc) is 2.48. The van der Waals surface area contributed by atoms with Gasteiger partial charge in [0.15, 0.2) is 0 Å². The molecule has 4 nitrogen and oxygen atoms in total. The molecule has 2 rings (SSSR count). The lowest BCUT2D eigenvalue weighted by molar-refractivity contribution is 0.163. The van der Waals surface area contributed by atoms with Crippen molar-refractivity contribution in [3.8, 4) is 0 Å². The van der Waals surface area contributed by atoms with E-state index in [1.165, 1.54) is 31.5 Å². The van der Waals surface area contributed by atoms with E-state index in [4.69, 9.17) is 5.73 Å². The Morgan fingerprint density at radius 3 is 2.86 bits per heavy atom. The predicted octanol–water partition coefficient (Wildman–Crippen LogP) is 2.49. The molecule has 1 aliphatic heterocycles. The summed E-state index contributed by atoms with van der Waals surface area (Å²) in [5.74, 6) is 1.83. The summed E-state index contributed by atoms with van der Waals surface area (Å²) < 4.78 is 0. The highest BCUT2D eigenvalue weighted by molar-refractivity contribution is 5.39. The molecule has 118 valence electrons. The Labute approximate surface area is 129 Å². The van der Waals surface area contributed by atoms with Gasteiger partial charge in [-0.2, -0.15) is 0 Å². The van der Waals surface area contributed by atoms with Gasteiger partial charge < -0.3 is 10.6 Å². The molecule has 2 N–H and O–H groups in total. The zero-order chi connectivity index (χ0) is 15.2. The SMILES string of the molecule is CC(C)N(C)c1ccc(CN2CCCC(CCN)C2)cn1. The number of nitrogens with zero attached hydrogens (tertiary/aromatic N) is 3. The Morgan fingerprint density at radius 1 is 1.43 bits per heavy atom. The van der Waals surface area contributed by atoms with Crippen molar-refractivity contribution in [2.45, 2.75) is 45.7 Å². The molecule has 0 radical (unpaired) electrons. The maximum atomic E-state index is 5.69. The number of likely N-dealkylation sites (tertiary alicyclic amines) is 1. The van der Waals surface area contributed by atoms with Crippen LogP contribution in [0.4, 0.5) is 5.82 Å². The number of piperidine rings is 1. The van der Waals surface area contributed by atoms with Gasteiger partial charge in [-0.15, -0.1) is 0 Å². The summed E-state index contributed by atoms with van der Waals surface area (Å²) in [7, 11) is 2.09. The van der Waals surface area contributed by atoms with Crippen molar-refractivity contribution >= 4 is 5.82 Å². The molecule has 2 heterocycles. The van der Waals surface area contributed by atoms with Gasteiger partial charge in [-0.25, -0.2) is 4.98 Å². The van der Waals surface area contributed by atoms with Gasteiger partial charge in [0.2, 0.25) is 0 Å². The van der Waals surface area contributed by atoms with E-state index >= 15 is 0 Å². The third kappa shape index (κ3) is 4.68. The molecule has 1 unspecified atom stereocenters. The third-order valence-corrected chi connectivity index (χ3v) is 4.53. The van der Waals surface area contributed by atoms with Crippen LogP contribution < -0.4 is 10.6 Å². The summed E-state index contributed by atoms with van der Waals surface area (Å²) >= 11 is 0. The van der Waals surface area contributed by atoms with Crippen LogP contribution in [0.1, 0.15) is 38.7 Å². The standard InChI is InChI=1S/C17H30N4/c1-14(2)20(3)17-7-6-16(11-19-17)13-21-10-4-5-15(12-21)8-9-18/h6-7,11,14-15H,4-5,8-10,12-13,18H2,1-3H3. The minimum absolute atomic E-state index is 0.475. The van der Waals surface area contributed by atoms with Crippen LogP contribution in [0.15, 0.2) is 18.3 Å². The zero-order valence-electron chi connectivity index (χ0n) is 13.8. The van der Waals surface area contributed by atoms with E-state index in [9.17, 15) is 0 Å². The quantitative estimate of drug-likeness (QED) is 0.874. The monoisotopic (exact) mass is 290 g/mol. The van der Waals surface area contributed by atoms with E-state index in [0.717, 1.165) is 31.2 Å². The topological polar surface area (TPSA) is 45.4 Å². The minimum Gasteiger partial charge on any atom is -0.357 e. The van der Waals surface area contributed by atoms with Crippen molar-refractivity contribution in [2.24, 2.45) is 11.7 Å². The van der Waals surface area contributed by atoms with E-state index in [2.05, 4.69) is 47.8 Å². The van der Waals surface area contributed by atoms with Gasteiger partial charge in [0.25, 0.3) is 0 Å². The fourth-order valence-corrected chi connectivity index (χ4v) is 3.01. The largest absolute Gasteiger partial charge is 0.357 e. The molecule has 21 heavy (non-hydrogen) atoms. The first-order valence-corrected chi connectivity index (χ1v) is 8.20. The molecular weight excluding hydrogens is 260 g/mol. The van der Waals surface area contributed by atoms with Gasteiger partial charge in [-0.1, -0.05) is 6.07 Å². The number of pyridine rings is 1. The van der Waals surface area contributed by atoms with E-state index < -0.39 is 0 Å². The van der Waals surface area contributed by atoms with E-state index in [0.29, 0.717) is 6.04 Å². The van der Waals surface area contributed by atoms with Crippen LogP contribution in [0.25, 0.3) is 0 Å². The molecule has 1 aromatic heterocycles. The summed E-state index contributed by atoms with van der Waals surface area (Å²) in [6.07, 6.45) is 5.82. The summed E-state index contributed by atoms with van der Waals surface area (Å²) in [6.45, 7) is 8.58. The molecule has 1 aromatic rings. The normalized spacial score (nSPS) is 20.0. The molecule has 1 fully saturated rings. The highest BCUT2D eigenvalue weighted by atomic mass is 15.2. The molecule has 0 spiro atoms. The Balaban J connectivity index is 1.91. The van der Waals surface area contributed by atoms with Crippen LogP contribution in [0, 0.1) is 5.92 Å². The molecule has 1 aliphatic rings. The Bertz CT molecular complexity index is 413. The van der Waals surface area contributed by atoms with Crippen LogP contribution in [0.5, 0.6) is 0 Å². The first-order chi connectivity index (χ1) is 10.1. The van der Waals surface area contributed by atoms with Crippen LogP contribution in [0.3, 0.4) is 0 Å². The number of hydrogen-bond acceptors (Lipinski definition) is 4. The Morgan fingerprint density at radius 2 is 2.24 bits per heavy atom. The fourth-order valence-electron chi connectivity index (χ4n) is 3.01. The highest BCUT2D eigenvalue weighted by Gasteiger charge is 2.19. The van der Waals surface area contributed by atoms with Crippen LogP contribution in [-0.4, -0.2) is 42.6 Å². The Kier molecular flexibility index (Phi) is 6.00. The van der Waals surface area contributed by atoms with Crippen molar-refractivity contribution in [1.29, 1.82) is 0 Å². The maximum absolute atomic E-state index is 5.69. The van der Waals surface area contributed by atoms with Crippen LogP contribution in [-0.2, 0) is 6.54 Å². The van der Waals surface area contributed by atoms with Crippen LogP contribution >= 0.6 is 0 Å². The molecule has 0 aliphatic carbocycles. The van der Waals surface area contributed by atoms with Crippen molar-refractivity contribution in [3.05, 3.63) is 23.9 Å². The third-order valence-electron chi connectivity index (χ3n) is 4.53. The second-order valence-corrected chi connectivity index (χ2v) is 6.55. The fraction of sp³-hybridized carbons (Fsp3) is 0.706. The van der Waals surface area contributed by atoms with E-state index in [1.807, 2.05) is 6.20 Å².